The van der Waals surface area contributed by atoms with Crippen molar-refractivity contribution < 1.29 is 0 Å². The lowest BCUT2D eigenvalue weighted by Crippen LogP contribution is -2.28. The summed E-state index contributed by atoms with van der Waals surface area (Å²) < 4.78 is 1.23. The molecular formula is C18H24BrNS. The predicted molar refractivity (Wildman–Crippen MR) is 97.1 cm³/mol. The van der Waals surface area contributed by atoms with Gasteiger partial charge in [-0.1, -0.05) is 44.2 Å². The van der Waals surface area contributed by atoms with E-state index in [1.165, 1.54) is 14.2 Å². The zero-order chi connectivity index (χ0) is 15.1. The second-order valence-corrected chi connectivity index (χ2v) is 8.57. The van der Waals surface area contributed by atoms with Crippen LogP contribution in [0.2, 0.25) is 0 Å². The average Bonchev–Trinajstić information content (AvgIpc) is 2.85. The van der Waals surface area contributed by atoms with Gasteiger partial charge in [-0.25, -0.2) is 0 Å². The Labute approximate surface area is 140 Å². The highest BCUT2D eigenvalue weighted by Crippen LogP contribution is 2.25. The molecule has 1 N–H and O–H groups in total. The fraction of sp³-hybridized carbons (Fsp3) is 0.444. The summed E-state index contributed by atoms with van der Waals surface area (Å²) in [7, 11) is 0. The van der Waals surface area contributed by atoms with Gasteiger partial charge in [-0.05, 0) is 71.4 Å². The summed E-state index contributed by atoms with van der Waals surface area (Å²) in [6.45, 7) is 6.70. The van der Waals surface area contributed by atoms with Gasteiger partial charge >= 0.3 is 0 Å². The minimum absolute atomic E-state index is 0.650. The molecule has 0 saturated carbocycles. The van der Waals surface area contributed by atoms with Crippen LogP contribution < -0.4 is 5.32 Å². The maximum atomic E-state index is 3.63. The van der Waals surface area contributed by atoms with Gasteiger partial charge in [0.05, 0.1) is 3.79 Å². The highest BCUT2D eigenvalue weighted by atomic mass is 79.9. The summed E-state index contributed by atoms with van der Waals surface area (Å²) in [6.07, 6.45) is 2.29. The van der Waals surface area contributed by atoms with Crippen molar-refractivity contribution >= 4 is 27.3 Å². The maximum absolute atomic E-state index is 3.63. The normalized spacial score (nSPS) is 12.8. The van der Waals surface area contributed by atoms with E-state index in [4.69, 9.17) is 0 Å². The van der Waals surface area contributed by atoms with E-state index in [1.807, 2.05) is 11.3 Å². The topological polar surface area (TPSA) is 12.0 Å². The van der Waals surface area contributed by atoms with Crippen LogP contribution >= 0.6 is 27.3 Å². The summed E-state index contributed by atoms with van der Waals surface area (Å²) in [5, 5.41) is 3.63. The quantitative estimate of drug-likeness (QED) is 0.681. The van der Waals surface area contributed by atoms with E-state index < -0.39 is 0 Å². The van der Waals surface area contributed by atoms with E-state index >= 15 is 0 Å². The Kier molecular flexibility index (Phi) is 6.94. The van der Waals surface area contributed by atoms with Crippen LogP contribution in [0.4, 0.5) is 0 Å². The van der Waals surface area contributed by atoms with E-state index in [-0.39, 0.29) is 0 Å². The van der Waals surface area contributed by atoms with Crippen LogP contribution in [0.1, 0.15) is 24.3 Å². The van der Waals surface area contributed by atoms with E-state index in [9.17, 15) is 0 Å². The molecule has 2 aromatic rings. The van der Waals surface area contributed by atoms with E-state index in [0.29, 0.717) is 11.8 Å². The Morgan fingerprint density at radius 1 is 1.00 bits per heavy atom. The molecule has 1 aromatic carbocycles. The van der Waals surface area contributed by atoms with Crippen LogP contribution in [-0.4, -0.2) is 13.1 Å². The van der Waals surface area contributed by atoms with Crippen LogP contribution in [-0.2, 0) is 12.8 Å². The zero-order valence-corrected chi connectivity index (χ0v) is 15.2. The molecule has 2 rings (SSSR count). The lowest BCUT2D eigenvalue weighted by Gasteiger charge is -2.18. The molecule has 0 aliphatic heterocycles. The van der Waals surface area contributed by atoms with Crippen molar-refractivity contribution in [2.45, 2.75) is 26.7 Å². The second kappa shape index (κ2) is 8.72. The van der Waals surface area contributed by atoms with Crippen LogP contribution in [0, 0.1) is 11.8 Å². The van der Waals surface area contributed by atoms with Gasteiger partial charge in [0.15, 0.2) is 0 Å². The van der Waals surface area contributed by atoms with Crippen LogP contribution in [0.5, 0.6) is 0 Å². The Hall–Kier alpha value is -0.640. The molecule has 1 nitrogen and oxygen atoms in total. The van der Waals surface area contributed by atoms with Crippen LogP contribution in [0.3, 0.4) is 0 Å². The predicted octanol–water partition coefficient (Wildman–Crippen LogP) is 5.16. The molecule has 0 aliphatic carbocycles. The summed E-state index contributed by atoms with van der Waals surface area (Å²) in [5.41, 5.74) is 1.43. The molecule has 0 amide bonds. The molecule has 1 unspecified atom stereocenters. The molecule has 0 saturated heterocycles. The minimum atomic E-state index is 0.650. The molecule has 0 aliphatic rings. The lowest BCUT2D eigenvalue weighted by atomic mass is 9.95. The molecule has 0 spiro atoms. The van der Waals surface area contributed by atoms with Crippen molar-refractivity contribution in [1.82, 2.24) is 5.32 Å². The van der Waals surface area contributed by atoms with Crippen molar-refractivity contribution in [3.63, 3.8) is 0 Å². The van der Waals surface area contributed by atoms with Gasteiger partial charge < -0.3 is 5.32 Å². The fourth-order valence-corrected chi connectivity index (χ4v) is 4.08. The Morgan fingerprint density at radius 2 is 1.76 bits per heavy atom. The second-order valence-electron chi connectivity index (χ2n) is 6.02. The molecular weight excluding hydrogens is 342 g/mol. The highest BCUT2D eigenvalue weighted by molar-refractivity contribution is 9.11. The van der Waals surface area contributed by atoms with E-state index in [2.05, 4.69) is 77.6 Å². The van der Waals surface area contributed by atoms with Crippen LogP contribution in [0.15, 0.2) is 46.3 Å². The number of halogens is 1. The summed E-state index contributed by atoms with van der Waals surface area (Å²) in [4.78, 5) is 1.47. The standard InChI is InChI=1S/C18H24BrNS/c1-14(2)12-20-13-16(10-15-6-4-3-5-7-15)11-17-8-9-18(19)21-17/h3-9,14,16,20H,10-13H2,1-2H3. The highest BCUT2D eigenvalue weighted by Gasteiger charge is 2.12. The molecule has 1 heterocycles. The van der Waals surface area contributed by atoms with Crippen molar-refractivity contribution in [3.8, 4) is 0 Å². The van der Waals surface area contributed by atoms with Crippen molar-refractivity contribution in [3.05, 3.63) is 56.7 Å². The first-order valence-corrected chi connectivity index (χ1v) is 9.23. The first kappa shape index (κ1) is 16.7. The minimum Gasteiger partial charge on any atom is -0.316 e. The third-order valence-corrected chi connectivity index (χ3v) is 5.12. The number of benzene rings is 1. The summed E-state index contributed by atoms with van der Waals surface area (Å²) in [5.74, 6) is 1.36. The van der Waals surface area contributed by atoms with Crippen molar-refractivity contribution in [2.24, 2.45) is 11.8 Å². The molecule has 0 radical (unpaired) electrons. The Balaban J connectivity index is 1.95. The van der Waals surface area contributed by atoms with E-state index in [1.54, 1.807) is 0 Å². The van der Waals surface area contributed by atoms with Gasteiger partial charge in [0.25, 0.3) is 0 Å². The number of hydrogen-bond donors (Lipinski definition) is 1. The molecule has 0 bridgehead atoms. The molecule has 1 aromatic heterocycles. The smallest absolute Gasteiger partial charge is 0.0701 e. The molecule has 0 fully saturated rings. The van der Waals surface area contributed by atoms with Gasteiger partial charge in [0.2, 0.25) is 0 Å². The lowest BCUT2D eigenvalue weighted by molar-refractivity contribution is 0.447. The van der Waals surface area contributed by atoms with E-state index in [0.717, 1.165) is 25.9 Å². The third kappa shape index (κ3) is 6.33. The largest absolute Gasteiger partial charge is 0.316 e. The number of nitrogens with one attached hydrogen (secondary N) is 1. The first-order valence-electron chi connectivity index (χ1n) is 7.62. The van der Waals surface area contributed by atoms with Gasteiger partial charge in [0.1, 0.15) is 0 Å². The number of thiophene rings is 1. The Morgan fingerprint density at radius 3 is 2.38 bits per heavy atom. The zero-order valence-electron chi connectivity index (χ0n) is 12.8. The SMILES string of the molecule is CC(C)CNCC(Cc1ccccc1)Cc1ccc(Br)s1. The monoisotopic (exact) mass is 365 g/mol. The van der Waals surface area contributed by atoms with Crippen LogP contribution in [0.25, 0.3) is 0 Å². The van der Waals surface area contributed by atoms with Gasteiger partial charge in [-0.3, -0.25) is 0 Å². The van der Waals surface area contributed by atoms with Crippen molar-refractivity contribution in [2.75, 3.05) is 13.1 Å². The third-order valence-electron chi connectivity index (χ3n) is 3.47. The summed E-state index contributed by atoms with van der Waals surface area (Å²) in [6, 6.07) is 15.2. The first-order chi connectivity index (χ1) is 10.1. The average molecular weight is 366 g/mol. The number of hydrogen-bond acceptors (Lipinski definition) is 2. The van der Waals surface area contributed by atoms with Gasteiger partial charge in [-0.2, -0.15) is 0 Å². The van der Waals surface area contributed by atoms with Gasteiger partial charge in [-0.15, -0.1) is 11.3 Å². The molecule has 3 heteroatoms. The maximum Gasteiger partial charge on any atom is 0.0701 e. The Bertz CT molecular complexity index is 521. The number of rotatable bonds is 8. The summed E-state index contributed by atoms with van der Waals surface area (Å²) >= 11 is 5.42. The molecule has 1 atom stereocenters. The van der Waals surface area contributed by atoms with Gasteiger partial charge in [0, 0.05) is 4.88 Å². The molecule has 21 heavy (non-hydrogen) atoms. The molecule has 114 valence electrons. The fourth-order valence-electron chi connectivity index (χ4n) is 2.49. The van der Waals surface area contributed by atoms with Crippen molar-refractivity contribution in [1.29, 1.82) is 0 Å².